The molecule has 164 valence electrons. The molecule has 2 aliphatic heterocycles. The van der Waals surface area contributed by atoms with Gasteiger partial charge >= 0.3 is 0 Å². The van der Waals surface area contributed by atoms with Gasteiger partial charge in [-0.2, -0.15) is 0 Å². The average Bonchev–Trinajstić information content (AvgIpc) is 2.83. The summed E-state index contributed by atoms with van der Waals surface area (Å²) in [7, 11) is 0. The SMILES string of the molecule is O=C1c2c(O)cc3c(c2C(=O)c2c4c(cc(O)c21)SC1C=CC=CC1=[NH+]4)[NH+]=C1C=CC=CC1S3. The predicted molar refractivity (Wildman–Crippen MR) is 130 cm³/mol. The number of phenols is 2. The van der Waals surface area contributed by atoms with Gasteiger partial charge in [0.2, 0.25) is 22.9 Å². The molecule has 0 bridgehead atoms. The molecule has 0 radical (unpaired) electrons. The van der Waals surface area contributed by atoms with Crippen molar-refractivity contribution in [3.05, 3.63) is 83.0 Å². The van der Waals surface area contributed by atoms with Crippen LogP contribution in [-0.4, -0.2) is 43.7 Å². The van der Waals surface area contributed by atoms with E-state index in [-0.39, 0.29) is 44.3 Å². The molecule has 6 nitrogen and oxygen atoms in total. The first-order valence-corrected chi connectivity index (χ1v) is 12.5. The number of hydrogen-bond acceptors (Lipinski definition) is 6. The van der Waals surface area contributed by atoms with Crippen LogP contribution < -0.4 is 9.98 Å². The van der Waals surface area contributed by atoms with Crippen LogP contribution in [0.25, 0.3) is 0 Å². The van der Waals surface area contributed by atoms with Gasteiger partial charge in [-0.1, -0.05) is 36.5 Å². The molecule has 2 atom stereocenters. The number of carbonyl (C=O) groups excluding carboxylic acids is 2. The smallest absolute Gasteiger partial charge is 0.229 e. The topological polar surface area (TPSA) is 103 Å². The lowest BCUT2D eigenvalue weighted by Gasteiger charge is -2.25. The molecule has 7 rings (SSSR count). The maximum atomic E-state index is 14.1. The van der Waals surface area contributed by atoms with E-state index >= 15 is 0 Å². The van der Waals surface area contributed by atoms with E-state index < -0.39 is 11.6 Å². The number of rotatable bonds is 0. The number of thioether (sulfide) groups is 2. The van der Waals surface area contributed by atoms with Gasteiger partial charge in [-0.25, -0.2) is 9.98 Å². The van der Waals surface area contributed by atoms with Crippen LogP contribution in [-0.2, 0) is 0 Å². The minimum Gasteiger partial charge on any atom is -0.507 e. The summed E-state index contributed by atoms with van der Waals surface area (Å²) in [6.07, 6.45) is 15.7. The van der Waals surface area contributed by atoms with E-state index in [1.165, 1.54) is 35.7 Å². The van der Waals surface area contributed by atoms with Gasteiger partial charge in [0, 0.05) is 24.3 Å². The molecule has 5 aliphatic rings. The van der Waals surface area contributed by atoms with E-state index in [0.717, 1.165) is 11.4 Å². The summed E-state index contributed by atoms with van der Waals surface area (Å²) in [5.41, 5.74) is 2.96. The standard InChI is InChI=1S/C26H14N2O4S2/c29-13-9-17-23(27-11-5-1-3-7-15(11)33-17)21-19(13)25(31)20-14(30)10-18-24(22(20)26(21)32)28-12-6-2-4-8-16(12)34-18/h1-10,15-16,29-30H/p+2. The lowest BCUT2D eigenvalue weighted by atomic mass is 9.81. The zero-order valence-corrected chi connectivity index (χ0v) is 19.1. The number of benzene rings is 2. The Kier molecular flexibility index (Phi) is 4.05. The van der Waals surface area contributed by atoms with Gasteiger partial charge < -0.3 is 10.2 Å². The quantitative estimate of drug-likeness (QED) is 0.360. The van der Waals surface area contributed by atoms with Gasteiger partial charge in [-0.15, -0.1) is 23.5 Å². The predicted octanol–water partition coefficient (Wildman–Crippen LogP) is 1.38. The second-order valence-electron chi connectivity index (χ2n) is 8.42. The average molecular weight is 485 g/mol. The van der Waals surface area contributed by atoms with E-state index in [2.05, 4.69) is 9.98 Å². The van der Waals surface area contributed by atoms with Gasteiger partial charge in [-0.05, 0) is 0 Å². The third-order valence-corrected chi connectivity index (χ3v) is 8.94. The van der Waals surface area contributed by atoms with Crippen molar-refractivity contribution in [3.8, 4) is 11.5 Å². The van der Waals surface area contributed by atoms with Crippen LogP contribution in [0.3, 0.4) is 0 Å². The van der Waals surface area contributed by atoms with Gasteiger partial charge in [0.05, 0.1) is 20.9 Å². The molecular formula is C26H16N2O4S2+2. The first kappa shape index (κ1) is 19.8. The van der Waals surface area contributed by atoms with Crippen molar-refractivity contribution in [1.29, 1.82) is 0 Å². The number of nitrogens with one attached hydrogen (secondary N) is 2. The van der Waals surface area contributed by atoms with Crippen molar-refractivity contribution in [2.24, 2.45) is 0 Å². The van der Waals surface area contributed by atoms with Crippen LogP contribution in [0.15, 0.2) is 70.5 Å². The van der Waals surface area contributed by atoms with Crippen molar-refractivity contribution in [2.75, 3.05) is 0 Å². The Hall–Kier alpha value is -3.62. The Morgan fingerprint density at radius 2 is 1.09 bits per heavy atom. The maximum Gasteiger partial charge on any atom is 0.229 e. The van der Waals surface area contributed by atoms with Crippen LogP contribution in [0.5, 0.6) is 11.5 Å². The van der Waals surface area contributed by atoms with E-state index in [1.807, 2.05) is 48.6 Å². The zero-order valence-electron chi connectivity index (χ0n) is 17.5. The summed E-state index contributed by atoms with van der Waals surface area (Å²) >= 11 is 3.02. The third-order valence-electron chi connectivity index (χ3n) is 6.45. The highest BCUT2D eigenvalue weighted by atomic mass is 32.2. The molecule has 8 heteroatoms. The van der Waals surface area contributed by atoms with E-state index in [1.54, 1.807) is 0 Å². The fourth-order valence-electron chi connectivity index (χ4n) is 4.93. The van der Waals surface area contributed by atoms with Crippen molar-refractivity contribution in [2.45, 2.75) is 20.3 Å². The number of phenolic OH excluding ortho intramolecular Hbond substituents is 2. The molecule has 0 amide bonds. The Morgan fingerprint density at radius 1 is 0.647 bits per heavy atom. The monoisotopic (exact) mass is 484 g/mol. The van der Waals surface area contributed by atoms with Crippen molar-refractivity contribution in [1.82, 2.24) is 0 Å². The molecule has 2 aromatic carbocycles. The number of carbonyl (C=O) groups is 2. The third kappa shape index (κ3) is 2.60. The molecular weight excluding hydrogens is 468 g/mol. The molecule has 3 aliphatic carbocycles. The molecule has 2 unspecified atom stereocenters. The summed E-state index contributed by atoms with van der Waals surface area (Å²) in [4.78, 5) is 35.8. The lowest BCUT2D eigenvalue weighted by molar-refractivity contribution is -0.358. The second-order valence-corrected chi connectivity index (χ2v) is 10.8. The Morgan fingerprint density at radius 3 is 1.56 bits per heavy atom. The van der Waals surface area contributed by atoms with Crippen LogP contribution >= 0.6 is 23.5 Å². The highest BCUT2D eigenvalue weighted by molar-refractivity contribution is 8.01. The number of allylic oxidation sites excluding steroid dienone is 6. The number of ketones is 2. The van der Waals surface area contributed by atoms with E-state index in [9.17, 15) is 19.8 Å². The van der Waals surface area contributed by atoms with Crippen molar-refractivity contribution >= 4 is 57.9 Å². The molecule has 0 aromatic heterocycles. The molecule has 0 saturated heterocycles. The minimum atomic E-state index is -0.568. The minimum absolute atomic E-state index is 0.0333. The molecule has 2 aromatic rings. The normalized spacial score (nSPS) is 22.7. The largest absolute Gasteiger partial charge is 0.507 e. The van der Waals surface area contributed by atoms with Crippen LogP contribution in [0.1, 0.15) is 31.8 Å². The summed E-state index contributed by atoms with van der Waals surface area (Å²) in [6.45, 7) is 0. The van der Waals surface area contributed by atoms with Gasteiger partial charge in [0.25, 0.3) is 0 Å². The lowest BCUT2D eigenvalue weighted by Crippen LogP contribution is -2.71. The molecule has 4 N–H and O–H groups in total. The fourth-order valence-corrected chi connectivity index (χ4v) is 7.24. The maximum absolute atomic E-state index is 14.1. The van der Waals surface area contributed by atoms with Gasteiger partial charge in [-0.3, -0.25) is 9.59 Å². The summed E-state index contributed by atoms with van der Waals surface area (Å²) < 4.78 is 0. The molecule has 2 heterocycles. The molecule has 0 saturated carbocycles. The molecule has 0 fully saturated rings. The summed E-state index contributed by atoms with van der Waals surface area (Å²) in [6, 6.07) is 3.04. The van der Waals surface area contributed by atoms with Crippen LogP contribution in [0.2, 0.25) is 0 Å². The highest BCUT2D eigenvalue weighted by Gasteiger charge is 2.46. The number of hydrogen-bond donors (Lipinski definition) is 4. The highest BCUT2D eigenvalue weighted by Crippen LogP contribution is 2.48. The Balaban J connectivity index is 1.50. The summed E-state index contributed by atoms with van der Waals surface area (Å²) in [5, 5.41) is 21.7. The van der Waals surface area contributed by atoms with Crippen LogP contribution in [0.4, 0.5) is 11.4 Å². The van der Waals surface area contributed by atoms with Gasteiger partial charge in [0.15, 0.2) is 11.4 Å². The zero-order chi connectivity index (χ0) is 23.1. The van der Waals surface area contributed by atoms with Crippen LogP contribution in [0, 0.1) is 0 Å². The van der Waals surface area contributed by atoms with Crippen molar-refractivity contribution in [3.63, 3.8) is 0 Å². The summed E-state index contributed by atoms with van der Waals surface area (Å²) in [5.74, 6) is -1.50. The van der Waals surface area contributed by atoms with Crippen molar-refractivity contribution < 1.29 is 29.8 Å². The first-order chi connectivity index (χ1) is 16.5. The Labute approximate surface area is 202 Å². The number of aromatic hydroxyl groups is 2. The van der Waals surface area contributed by atoms with E-state index in [4.69, 9.17) is 0 Å². The first-order valence-electron chi connectivity index (χ1n) is 10.7. The molecule has 34 heavy (non-hydrogen) atoms. The van der Waals surface area contributed by atoms with Gasteiger partial charge in [0.1, 0.15) is 33.1 Å². The fraction of sp³-hybridized carbons (Fsp3) is 0.0769. The second kappa shape index (κ2) is 6.94. The molecule has 0 spiro atoms. The number of fused-ring (bicyclic) bond motifs is 8. The van der Waals surface area contributed by atoms with E-state index in [0.29, 0.717) is 21.2 Å². The Bertz CT molecular complexity index is 1460.